The molecule has 0 aromatic heterocycles. The summed E-state index contributed by atoms with van der Waals surface area (Å²) in [6, 6.07) is 16.4. The van der Waals surface area contributed by atoms with Gasteiger partial charge in [0.25, 0.3) is 0 Å². The van der Waals surface area contributed by atoms with Crippen molar-refractivity contribution < 1.29 is 4.74 Å². The van der Waals surface area contributed by atoms with Crippen molar-refractivity contribution in [3.63, 3.8) is 0 Å². The zero-order chi connectivity index (χ0) is 14.5. The summed E-state index contributed by atoms with van der Waals surface area (Å²) in [5, 5.41) is 0. The largest absolute Gasteiger partial charge is 0.489 e. The summed E-state index contributed by atoms with van der Waals surface area (Å²) in [6.45, 7) is 6.23. The summed E-state index contributed by atoms with van der Waals surface area (Å²) in [4.78, 5) is 0. The summed E-state index contributed by atoms with van der Waals surface area (Å²) in [7, 11) is 0. The van der Waals surface area contributed by atoms with Crippen molar-refractivity contribution in [3.8, 4) is 5.75 Å². The monoisotopic (exact) mass is 269 g/mol. The highest BCUT2D eigenvalue weighted by Gasteiger charge is 2.16. The molecule has 2 N–H and O–H groups in total. The fourth-order valence-electron chi connectivity index (χ4n) is 2.19. The van der Waals surface area contributed by atoms with Crippen LogP contribution in [0.1, 0.15) is 36.6 Å². The average Bonchev–Trinajstić information content (AvgIpc) is 2.47. The van der Waals surface area contributed by atoms with Gasteiger partial charge >= 0.3 is 0 Å². The molecule has 106 valence electrons. The van der Waals surface area contributed by atoms with Gasteiger partial charge < -0.3 is 10.5 Å². The van der Waals surface area contributed by atoms with Crippen LogP contribution in [0.5, 0.6) is 5.75 Å². The molecule has 0 heterocycles. The topological polar surface area (TPSA) is 35.2 Å². The molecule has 0 aliphatic carbocycles. The van der Waals surface area contributed by atoms with Crippen LogP contribution in [-0.2, 0) is 6.42 Å². The Morgan fingerprint density at radius 2 is 1.80 bits per heavy atom. The van der Waals surface area contributed by atoms with Crippen LogP contribution in [0.2, 0.25) is 0 Å². The Labute approximate surface area is 121 Å². The molecule has 0 saturated heterocycles. The smallest absolute Gasteiger partial charge is 0.120 e. The van der Waals surface area contributed by atoms with Crippen LogP contribution in [0.3, 0.4) is 0 Å². The minimum Gasteiger partial charge on any atom is -0.489 e. The fraction of sp³-hybridized carbons (Fsp3) is 0.333. The molecule has 2 aromatic carbocycles. The van der Waals surface area contributed by atoms with Crippen LogP contribution in [0.25, 0.3) is 0 Å². The Bertz CT molecular complexity index is 548. The Kier molecular flexibility index (Phi) is 4.80. The quantitative estimate of drug-likeness (QED) is 0.889. The lowest BCUT2D eigenvalue weighted by Gasteiger charge is -2.22. The molecule has 20 heavy (non-hydrogen) atoms. The van der Waals surface area contributed by atoms with Crippen LogP contribution >= 0.6 is 0 Å². The van der Waals surface area contributed by atoms with Gasteiger partial charge in [0, 0.05) is 0 Å². The highest BCUT2D eigenvalue weighted by molar-refractivity contribution is 5.29. The maximum absolute atomic E-state index is 6.28. The van der Waals surface area contributed by atoms with Crippen molar-refractivity contribution in [2.45, 2.75) is 39.3 Å². The summed E-state index contributed by atoms with van der Waals surface area (Å²) in [5.41, 5.74) is 9.91. The fourth-order valence-corrected chi connectivity index (χ4v) is 2.19. The average molecular weight is 269 g/mol. The molecule has 0 fully saturated rings. The first-order valence-corrected chi connectivity index (χ1v) is 7.18. The lowest BCUT2D eigenvalue weighted by Crippen LogP contribution is -2.28. The lowest BCUT2D eigenvalue weighted by atomic mass is 10.0. The molecule has 0 amide bonds. The van der Waals surface area contributed by atoms with Gasteiger partial charge in [-0.2, -0.15) is 0 Å². The van der Waals surface area contributed by atoms with Crippen molar-refractivity contribution in [2.75, 3.05) is 0 Å². The van der Waals surface area contributed by atoms with Gasteiger partial charge in [0.2, 0.25) is 0 Å². The van der Waals surface area contributed by atoms with Gasteiger partial charge in [-0.15, -0.1) is 0 Å². The molecule has 2 atom stereocenters. The maximum Gasteiger partial charge on any atom is 0.120 e. The third-order valence-electron chi connectivity index (χ3n) is 3.60. The van der Waals surface area contributed by atoms with E-state index in [1.807, 2.05) is 19.1 Å². The third kappa shape index (κ3) is 3.61. The molecule has 0 aliphatic rings. The van der Waals surface area contributed by atoms with Gasteiger partial charge in [-0.25, -0.2) is 0 Å². The van der Waals surface area contributed by atoms with Crippen molar-refractivity contribution >= 4 is 0 Å². The molecule has 2 nitrogen and oxygen atoms in total. The first-order chi connectivity index (χ1) is 9.60. The third-order valence-corrected chi connectivity index (χ3v) is 3.60. The Hall–Kier alpha value is -1.80. The molecule has 0 aliphatic heterocycles. The second-order valence-corrected chi connectivity index (χ2v) is 5.26. The second-order valence-electron chi connectivity index (χ2n) is 5.26. The Morgan fingerprint density at radius 1 is 1.10 bits per heavy atom. The minimum absolute atomic E-state index is 0.0650. The Balaban J connectivity index is 2.06. The minimum atomic E-state index is -0.124. The highest BCUT2D eigenvalue weighted by atomic mass is 16.5. The molecule has 2 heteroatoms. The predicted molar refractivity (Wildman–Crippen MR) is 84.0 cm³/mol. The van der Waals surface area contributed by atoms with Gasteiger partial charge in [0.05, 0.1) is 6.04 Å². The SMILES string of the molecule is CCc1cccc(OC(C)C(N)c2ccc(C)cc2)c1. The highest BCUT2D eigenvalue weighted by Crippen LogP contribution is 2.21. The molecule has 0 bridgehead atoms. The van der Waals surface area contributed by atoms with Crippen LogP contribution < -0.4 is 10.5 Å². The predicted octanol–water partition coefficient (Wildman–Crippen LogP) is 4.02. The summed E-state index contributed by atoms with van der Waals surface area (Å²) in [6.07, 6.45) is 0.945. The van der Waals surface area contributed by atoms with Crippen LogP contribution in [0.15, 0.2) is 48.5 Å². The van der Waals surface area contributed by atoms with Crippen LogP contribution in [0, 0.1) is 6.92 Å². The van der Waals surface area contributed by atoms with E-state index in [2.05, 4.69) is 50.2 Å². The van der Waals surface area contributed by atoms with E-state index in [1.165, 1.54) is 11.1 Å². The van der Waals surface area contributed by atoms with E-state index in [0.717, 1.165) is 17.7 Å². The number of hydrogen-bond donors (Lipinski definition) is 1. The van der Waals surface area contributed by atoms with E-state index in [1.54, 1.807) is 0 Å². The number of rotatable bonds is 5. The van der Waals surface area contributed by atoms with Crippen molar-refractivity contribution in [2.24, 2.45) is 5.73 Å². The Morgan fingerprint density at radius 3 is 2.45 bits per heavy atom. The van der Waals surface area contributed by atoms with Gasteiger partial charge in [-0.05, 0) is 43.5 Å². The molecule has 0 saturated carbocycles. The molecule has 2 unspecified atom stereocenters. The number of benzene rings is 2. The first-order valence-electron chi connectivity index (χ1n) is 7.18. The van der Waals surface area contributed by atoms with Crippen LogP contribution in [0.4, 0.5) is 0 Å². The standard InChI is InChI=1S/C18H23NO/c1-4-15-6-5-7-17(12-15)20-14(3)18(19)16-10-8-13(2)9-11-16/h5-12,14,18H,4,19H2,1-3H3. The summed E-state index contributed by atoms with van der Waals surface area (Å²) in [5.74, 6) is 0.888. The van der Waals surface area contributed by atoms with E-state index >= 15 is 0 Å². The molecule has 0 radical (unpaired) electrons. The van der Waals surface area contributed by atoms with Crippen molar-refractivity contribution in [1.29, 1.82) is 0 Å². The molecular formula is C18H23NO. The van der Waals surface area contributed by atoms with Crippen LogP contribution in [-0.4, -0.2) is 6.10 Å². The van der Waals surface area contributed by atoms with Crippen molar-refractivity contribution in [3.05, 3.63) is 65.2 Å². The van der Waals surface area contributed by atoms with Gasteiger partial charge in [0.1, 0.15) is 11.9 Å². The molecule has 2 rings (SSSR count). The molecule has 0 spiro atoms. The maximum atomic E-state index is 6.28. The first kappa shape index (κ1) is 14.6. The number of nitrogens with two attached hydrogens (primary N) is 1. The van der Waals surface area contributed by atoms with Gasteiger partial charge in [-0.3, -0.25) is 0 Å². The zero-order valence-corrected chi connectivity index (χ0v) is 12.5. The zero-order valence-electron chi connectivity index (χ0n) is 12.5. The second kappa shape index (κ2) is 6.58. The number of aryl methyl sites for hydroxylation is 2. The van der Waals surface area contributed by atoms with E-state index in [-0.39, 0.29) is 12.1 Å². The lowest BCUT2D eigenvalue weighted by molar-refractivity contribution is 0.190. The van der Waals surface area contributed by atoms with E-state index in [0.29, 0.717) is 0 Å². The number of ether oxygens (including phenoxy) is 1. The van der Waals surface area contributed by atoms with Gasteiger partial charge in [-0.1, -0.05) is 48.9 Å². The van der Waals surface area contributed by atoms with E-state index in [9.17, 15) is 0 Å². The van der Waals surface area contributed by atoms with E-state index in [4.69, 9.17) is 10.5 Å². The normalized spacial score (nSPS) is 13.8. The van der Waals surface area contributed by atoms with Crippen molar-refractivity contribution in [1.82, 2.24) is 0 Å². The number of hydrogen-bond acceptors (Lipinski definition) is 2. The summed E-state index contributed by atoms with van der Waals surface area (Å²) >= 11 is 0. The molecule has 2 aromatic rings. The summed E-state index contributed by atoms with van der Waals surface area (Å²) < 4.78 is 5.98. The van der Waals surface area contributed by atoms with E-state index < -0.39 is 0 Å². The molecular weight excluding hydrogens is 246 g/mol. The van der Waals surface area contributed by atoms with Gasteiger partial charge in [0.15, 0.2) is 0 Å².